The first-order valence-corrected chi connectivity index (χ1v) is 5.59. The van der Waals surface area contributed by atoms with E-state index in [9.17, 15) is 9.59 Å². The fraction of sp³-hybridized carbons (Fsp3) is 0.250. The molecule has 2 aromatic rings. The standard InChI is InChI=1S/C12H13N3O3/c16-9-3-7-15-11(17)5-8-14(12(15)18)10-4-1-2-6-13-10/h1-2,4-6,8,16H,3,7,9H2. The van der Waals surface area contributed by atoms with Crippen LogP contribution in [-0.2, 0) is 6.54 Å². The van der Waals surface area contributed by atoms with Crippen molar-refractivity contribution in [2.24, 2.45) is 0 Å². The van der Waals surface area contributed by atoms with Crippen LogP contribution in [0.2, 0.25) is 0 Å². The minimum atomic E-state index is -0.449. The van der Waals surface area contributed by atoms with Crippen LogP contribution in [0.3, 0.4) is 0 Å². The number of hydrogen-bond acceptors (Lipinski definition) is 4. The number of hydrogen-bond donors (Lipinski definition) is 1. The average molecular weight is 247 g/mol. The van der Waals surface area contributed by atoms with Gasteiger partial charge in [0.1, 0.15) is 5.82 Å². The zero-order chi connectivity index (χ0) is 13.0. The topological polar surface area (TPSA) is 77.1 Å². The maximum absolute atomic E-state index is 12.1. The molecule has 0 radical (unpaired) electrons. The van der Waals surface area contributed by atoms with Gasteiger partial charge >= 0.3 is 5.69 Å². The molecule has 94 valence electrons. The van der Waals surface area contributed by atoms with Crippen molar-refractivity contribution in [3.63, 3.8) is 0 Å². The molecule has 2 rings (SSSR count). The first kappa shape index (κ1) is 12.3. The molecular weight excluding hydrogens is 234 g/mol. The summed E-state index contributed by atoms with van der Waals surface area (Å²) in [5.41, 5.74) is -0.824. The Kier molecular flexibility index (Phi) is 3.69. The Hall–Kier alpha value is -2.21. The Morgan fingerprint density at radius 2 is 2.06 bits per heavy atom. The van der Waals surface area contributed by atoms with Crippen LogP contribution in [0, 0.1) is 0 Å². The van der Waals surface area contributed by atoms with Crippen molar-refractivity contribution in [1.82, 2.24) is 14.1 Å². The lowest BCUT2D eigenvalue weighted by Crippen LogP contribution is -2.38. The van der Waals surface area contributed by atoms with Crippen LogP contribution in [0.1, 0.15) is 6.42 Å². The third kappa shape index (κ3) is 2.38. The van der Waals surface area contributed by atoms with E-state index < -0.39 is 5.69 Å². The summed E-state index contributed by atoms with van der Waals surface area (Å²) in [6, 6.07) is 6.50. The van der Waals surface area contributed by atoms with Crippen molar-refractivity contribution in [3.8, 4) is 5.82 Å². The predicted octanol–water partition coefficient (Wildman–Crippen LogP) is -0.223. The molecule has 0 aromatic carbocycles. The molecule has 0 spiro atoms. The Morgan fingerprint density at radius 3 is 2.72 bits per heavy atom. The largest absolute Gasteiger partial charge is 0.396 e. The van der Waals surface area contributed by atoms with Gasteiger partial charge in [0.05, 0.1) is 0 Å². The monoisotopic (exact) mass is 247 g/mol. The van der Waals surface area contributed by atoms with E-state index in [-0.39, 0.29) is 18.7 Å². The quantitative estimate of drug-likeness (QED) is 0.810. The molecule has 6 heteroatoms. The van der Waals surface area contributed by atoms with E-state index in [2.05, 4.69) is 4.98 Å². The highest BCUT2D eigenvalue weighted by Gasteiger charge is 2.06. The molecule has 2 aromatic heterocycles. The molecule has 0 aliphatic rings. The molecule has 18 heavy (non-hydrogen) atoms. The number of aromatic nitrogens is 3. The lowest BCUT2D eigenvalue weighted by atomic mass is 10.4. The van der Waals surface area contributed by atoms with Gasteiger partial charge in [-0.2, -0.15) is 0 Å². The Bertz CT molecular complexity index is 631. The molecule has 0 saturated heterocycles. The van der Waals surface area contributed by atoms with Gasteiger partial charge in [-0.3, -0.25) is 13.9 Å². The molecule has 0 aliphatic heterocycles. The number of pyridine rings is 1. The lowest BCUT2D eigenvalue weighted by Gasteiger charge is -2.08. The second kappa shape index (κ2) is 5.42. The van der Waals surface area contributed by atoms with Crippen LogP contribution in [0.25, 0.3) is 5.82 Å². The molecule has 0 fully saturated rings. The van der Waals surface area contributed by atoms with Crippen molar-refractivity contribution in [3.05, 3.63) is 57.5 Å². The van der Waals surface area contributed by atoms with Crippen LogP contribution in [0.4, 0.5) is 0 Å². The Morgan fingerprint density at radius 1 is 1.22 bits per heavy atom. The van der Waals surface area contributed by atoms with Crippen LogP contribution in [0.15, 0.2) is 46.2 Å². The molecule has 0 aliphatic carbocycles. The van der Waals surface area contributed by atoms with Crippen LogP contribution < -0.4 is 11.2 Å². The number of nitrogens with zero attached hydrogens (tertiary/aromatic N) is 3. The SMILES string of the molecule is O=c1ccn(-c2ccccn2)c(=O)n1CCCO. The molecular formula is C12H13N3O3. The van der Waals surface area contributed by atoms with Gasteiger partial charge in [-0.15, -0.1) is 0 Å². The second-order valence-corrected chi connectivity index (χ2v) is 3.72. The molecule has 0 saturated carbocycles. The minimum absolute atomic E-state index is 0.0651. The first-order valence-electron chi connectivity index (χ1n) is 5.59. The van der Waals surface area contributed by atoms with E-state index in [0.717, 1.165) is 4.57 Å². The van der Waals surface area contributed by atoms with Gasteiger partial charge in [-0.25, -0.2) is 9.78 Å². The molecule has 2 heterocycles. The summed E-state index contributed by atoms with van der Waals surface area (Å²) in [6.07, 6.45) is 3.34. The van der Waals surface area contributed by atoms with Crippen molar-refractivity contribution in [2.45, 2.75) is 13.0 Å². The molecule has 1 N–H and O–H groups in total. The van der Waals surface area contributed by atoms with E-state index >= 15 is 0 Å². The average Bonchev–Trinajstić information content (AvgIpc) is 2.40. The lowest BCUT2D eigenvalue weighted by molar-refractivity contribution is 0.277. The van der Waals surface area contributed by atoms with Gasteiger partial charge < -0.3 is 5.11 Å². The highest BCUT2D eigenvalue weighted by atomic mass is 16.3. The summed E-state index contributed by atoms with van der Waals surface area (Å²) in [5, 5.41) is 8.76. The van der Waals surface area contributed by atoms with E-state index in [1.807, 2.05) is 0 Å². The van der Waals surface area contributed by atoms with Crippen LogP contribution >= 0.6 is 0 Å². The predicted molar refractivity (Wildman–Crippen MR) is 65.8 cm³/mol. The summed E-state index contributed by atoms with van der Waals surface area (Å²) in [7, 11) is 0. The summed E-state index contributed by atoms with van der Waals surface area (Å²) >= 11 is 0. The molecule has 6 nitrogen and oxygen atoms in total. The van der Waals surface area contributed by atoms with Crippen LogP contribution in [-0.4, -0.2) is 25.8 Å². The van der Waals surface area contributed by atoms with Crippen molar-refractivity contribution >= 4 is 0 Å². The molecule has 0 bridgehead atoms. The Labute approximate surface area is 103 Å². The molecule has 0 unspecified atom stereocenters. The highest BCUT2D eigenvalue weighted by molar-refractivity contribution is 5.20. The van der Waals surface area contributed by atoms with Gasteiger partial charge in [0.2, 0.25) is 0 Å². The van der Waals surface area contributed by atoms with Crippen LogP contribution in [0.5, 0.6) is 0 Å². The fourth-order valence-electron chi connectivity index (χ4n) is 1.62. The summed E-state index contributed by atoms with van der Waals surface area (Å²) in [4.78, 5) is 27.7. The third-order valence-electron chi connectivity index (χ3n) is 2.51. The van der Waals surface area contributed by atoms with E-state index in [0.29, 0.717) is 12.2 Å². The third-order valence-corrected chi connectivity index (χ3v) is 2.51. The van der Waals surface area contributed by atoms with Gasteiger partial charge in [-0.05, 0) is 18.6 Å². The number of aliphatic hydroxyl groups is 1. The zero-order valence-electron chi connectivity index (χ0n) is 9.69. The second-order valence-electron chi connectivity index (χ2n) is 3.72. The van der Waals surface area contributed by atoms with Crippen molar-refractivity contribution in [2.75, 3.05) is 6.61 Å². The van der Waals surface area contributed by atoms with E-state index in [1.54, 1.807) is 24.4 Å². The summed E-state index contributed by atoms with van der Waals surface area (Å²) in [6.45, 7) is 0.131. The van der Waals surface area contributed by atoms with E-state index in [4.69, 9.17) is 5.11 Å². The molecule has 0 amide bonds. The minimum Gasteiger partial charge on any atom is -0.396 e. The van der Waals surface area contributed by atoms with Gasteiger partial charge in [0.25, 0.3) is 5.56 Å². The van der Waals surface area contributed by atoms with Crippen molar-refractivity contribution in [1.29, 1.82) is 0 Å². The fourth-order valence-corrected chi connectivity index (χ4v) is 1.62. The van der Waals surface area contributed by atoms with Gasteiger partial charge in [0.15, 0.2) is 0 Å². The maximum atomic E-state index is 12.1. The normalized spacial score (nSPS) is 10.5. The molecule has 0 atom stereocenters. The first-order chi connectivity index (χ1) is 8.74. The number of aliphatic hydroxyl groups excluding tert-OH is 1. The smallest absolute Gasteiger partial charge is 0.336 e. The highest BCUT2D eigenvalue weighted by Crippen LogP contribution is 1.97. The maximum Gasteiger partial charge on any atom is 0.336 e. The number of rotatable bonds is 4. The Balaban J connectivity index is 2.52. The summed E-state index contributed by atoms with van der Waals surface area (Å²) < 4.78 is 2.39. The summed E-state index contributed by atoms with van der Waals surface area (Å²) in [5.74, 6) is 0.459. The van der Waals surface area contributed by atoms with Gasteiger partial charge in [-0.1, -0.05) is 6.07 Å². The van der Waals surface area contributed by atoms with Gasteiger partial charge in [0, 0.05) is 31.6 Å². The van der Waals surface area contributed by atoms with Crippen molar-refractivity contribution < 1.29 is 5.11 Å². The van der Waals surface area contributed by atoms with E-state index in [1.165, 1.54) is 16.8 Å². The zero-order valence-corrected chi connectivity index (χ0v) is 9.69.